The largest absolute Gasteiger partial charge is 0.508 e. The van der Waals surface area contributed by atoms with E-state index in [2.05, 4.69) is 13.8 Å². The highest BCUT2D eigenvalue weighted by Crippen LogP contribution is 2.23. The van der Waals surface area contributed by atoms with Crippen LogP contribution in [0.15, 0.2) is 0 Å². The Morgan fingerprint density at radius 1 is 0.917 bits per heavy atom. The Morgan fingerprint density at radius 3 is 2.12 bits per heavy atom. The van der Waals surface area contributed by atoms with Crippen LogP contribution in [0.1, 0.15) is 87.0 Å². The van der Waals surface area contributed by atoms with Crippen molar-refractivity contribution < 1.29 is 24.0 Å². The van der Waals surface area contributed by atoms with Crippen LogP contribution in [0.25, 0.3) is 0 Å². The lowest BCUT2D eigenvalue weighted by atomic mass is 9.95. The molecule has 5 nitrogen and oxygen atoms in total. The molecule has 0 amide bonds. The second-order valence-corrected chi connectivity index (χ2v) is 8.13. The Kier molecular flexibility index (Phi) is 11.3. The zero-order valence-electron chi connectivity index (χ0n) is 16.8. The average molecular weight is 347 g/mol. The molecule has 0 aliphatic rings. The molecule has 5 heteroatoms. The van der Waals surface area contributed by atoms with Gasteiger partial charge in [0.05, 0.1) is 24.4 Å². The first-order chi connectivity index (χ1) is 11.1. The molecule has 1 unspecified atom stereocenters. The van der Waals surface area contributed by atoms with Crippen molar-refractivity contribution in [1.29, 1.82) is 0 Å². The van der Waals surface area contributed by atoms with E-state index in [9.17, 15) is 4.79 Å². The van der Waals surface area contributed by atoms with Crippen LogP contribution in [0.3, 0.4) is 0 Å². The molecule has 0 spiro atoms. The summed E-state index contributed by atoms with van der Waals surface area (Å²) in [6.45, 7) is 15.1. The van der Waals surface area contributed by atoms with E-state index in [1.165, 1.54) is 0 Å². The molecule has 0 aromatic rings. The van der Waals surface area contributed by atoms with Crippen molar-refractivity contribution in [3.05, 3.63) is 0 Å². The quantitative estimate of drug-likeness (QED) is 0.197. The van der Waals surface area contributed by atoms with Crippen molar-refractivity contribution in [2.24, 2.45) is 5.92 Å². The first kappa shape index (κ1) is 23.2. The normalized spacial score (nSPS) is 13.6. The van der Waals surface area contributed by atoms with Crippen LogP contribution in [-0.4, -0.2) is 30.6 Å². The molecule has 0 aliphatic carbocycles. The number of rotatable bonds is 12. The van der Waals surface area contributed by atoms with Gasteiger partial charge in [-0.15, -0.1) is 0 Å². The van der Waals surface area contributed by atoms with E-state index in [-0.39, 0.29) is 11.2 Å². The first-order valence-corrected chi connectivity index (χ1v) is 9.22. The third-order valence-corrected chi connectivity index (χ3v) is 3.54. The minimum absolute atomic E-state index is 0.298. The SMILES string of the molecule is CCCCOC(=O)OCCC(C)CCCC(C)(C)OOC(C)(C)C. The van der Waals surface area contributed by atoms with Crippen LogP contribution < -0.4 is 0 Å². The van der Waals surface area contributed by atoms with Crippen LogP contribution >= 0.6 is 0 Å². The van der Waals surface area contributed by atoms with Gasteiger partial charge in [0, 0.05) is 0 Å². The molecule has 0 aliphatic heterocycles. The van der Waals surface area contributed by atoms with Gasteiger partial charge in [-0.2, -0.15) is 0 Å². The summed E-state index contributed by atoms with van der Waals surface area (Å²) in [5.74, 6) is 0.493. The van der Waals surface area contributed by atoms with E-state index >= 15 is 0 Å². The minimum Gasteiger partial charge on any atom is -0.434 e. The van der Waals surface area contributed by atoms with Crippen LogP contribution in [0, 0.1) is 5.92 Å². The Morgan fingerprint density at radius 2 is 1.54 bits per heavy atom. The summed E-state index contributed by atoms with van der Waals surface area (Å²) < 4.78 is 10.0. The maximum absolute atomic E-state index is 11.3. The van der Waals surface area contributed by atoms with Crippen molar-refractivity contribution >= 4 is 6.16 Å². The zero-order valence-corrected chi connectivity index (χ0v) is 16.8. The van der Waals surface area contributed by atoms with Gasteiger partial charge in [-0.3, -0.25) is 0 Å². The van der Waals surface area contributed by atoms with Gasteiger partial charge in [-0.25, -0.2) is 14.6 Å². The van der Waals surface area contributed by atoms with Gasteiger partial charge in [-0.1, -0.05) is 33.1 Å². The van der Waals surface area contributed by atoms with Gasteiger partial charge < -0.3 is 9.47 Å². The van der Waals surface area contributed by atoms with E-state index in [1.54, 1.807) is 0 Å². The standard InChI is InChI=1S/C19H38O5/c1-8-9-14-21-17(20)22-15-12-16(2)11-10-13-19(6,7)24-23-18(3,4)5/h16H,8-15H2,1-7H3. The zero-order chi connectivity index (χ0) is 18.6. The van der Waals surface area contributed by atoms with Gasteiger partial charge in [0.1, 0.15) is 0 Å². The summed E-state index contributed by atoms with van der Waals surface area (Å²) in [5.41, 5.74) is -0.597. The highest BCUT2D eigenvalue weighted by Gasteiger charge is 2.23. The number of carbonyl (C=O) groups excluding carboxylic acids is 1. The third kappa shape index (κ3) is 14.8. The molecule has 0 N–H and O–H groups in total. The molecule has 0 heterocycles. The molecule has 0 rings (SSSR count). The van der Waals surface area contributed by atoms with Crippen molar-refractivity contribution in [3.8, 4) is 0 Å². The molecule has 144 valence electrons. The summed E-state index contributed by atoms with van der Waals surface area (Å²) in [5, 5.41) is 0. The highest BCUT2D eigenvalue weighted by molar-refractivity contribution is 5.59. The lowest BCUT2D eigenvalue weighted by Crippen LogP contribution is -2.30. The lowest BCUT2D eigenvalue weighted by molar-refractivity contribution is -0.398. The van der Waals surface area contributed by atoms with Crippen molar-refractivity contribution in [2.75, 3.05) is 13.2 Å². The third-order valence-electron chi connectivity index (χ3n) is 3.54. The highest BCUT2D eigenvalue weighted by atomic mass is 17.2. The molecular weight excluding hydrogens is 308 g/mol. The number of hydrogen-bond acceptors (Lipinski definition) is 5. The lowest BCUT2D eigenvalue weighted by Gasteiger charge is -2.28. The molecule has 0 saturated carbocycles. The average Bonchev–Trinajstić information content (AvgIpc) is 2.45. The van der Waals surface area contributed by atoms with Crippen molar-refractivity contribution in [3.63, 3.8) is 0 Å². The van der Waals surface area contributed by atoms with Gasteiger partial charge in [0.2, 0.25) is 0 Å². The van der Waals surface area contributed by atoms with Gasteiger partial charge >= 0.3 is 6.16 Å². The topological polar surface area (TPSA) is 54.0 Å². The first-order valence-electron chi connectivity index (χ1n) is 9.22. The Bertz CT molecular complexity index is 333. The molecule has 0 aromatic carbocycles. The number of ether oxygens (including phenoxy) is 2. The molecule has 0 saturated heterocycles. The molecule has 24 heavy (non-hydrogen) atoms. The summed E-state index contributed by atoms with van der Waals surface area (Å²) in [4.78, 5) is 22.3. The predicted octanol–water partition coefficient (Wildman–Crippen LogP) is 5.66. The molecule has 0 bridgehead atoms. The molecular formula is C19H38O5. The maximum Gasteiger partial charge on any atom is 0.508 e. The number of hydrogen-bond donors (Lipinski definition) is 0. The smallest absolute Gasteiger partial charge is 0.434 e. The maximum atomic E-state index is 11.3. The van der Waals surface area contributed by atoms with E-state index in [0.29, 0.717) is 19.1 Å². The Balaban J connectivity index is 3.74. The summed E-state index contributed by atoms with van der Waals surface area (Å²) >= 11 is 0. The summed E-state index contributed by atoms with van der Waals surface area (Å²) in [6, 6.07) is 0. The molecule has 0 fully saturated rings. The van der Waals surface area contributed by atoms with Gasteiger partial charge in [-0.05, 0) is 59.8 Å². The molecule has 0 aromatic heterocycles. The monoisotopic (exact) mass is 346 g/mol. The predicted molar refractivity (Wildman–Crippen MR) is 95.8 cm³/mol. The van der Waals surface area contributed by atoms with E-state index in [0.717, 1.165) is 38.5 Å². The fourth-order valence-corrected chi connectivity index (χ4v) is 1.98. The Labute approximate surface area is 148 Å². The summed E-state index contributed by atoms with van der Waals surface area (Å²) in [7, 11) is 0. The second kappa shape index (κ2) is 11.7. The fraction of sp³-hybridized carbons (Fsp3) is 0.947. The number of carbonyl (C=O) groups is 1. The van der Waals surface area contributed by atoms with Gasteiger partial charge in [0.15, 0.2) is 0 Å². The van der Waals surface area contributed by atoms with Crippen LogP contribution in [0.4, 0.5) is 4.79 Å². The molecule has 0 radical (unpaired) electrons. The van der Waals surface area contributed by atoms with Crippen molar-refractivity contribution in [2.45, 2.75) is 98.2 Å². The van der Waals surface area contributed by atoms with Crippen LogP contribution in [0.2, 0.25) is 0 Å². The van der Waals surface area contributed by atoms with E-state index in [1.807, 2.05) is 34.6 Å². The van der Waals surface area contributed by atoms with Crippen LogP contribution in [-0.2, 0) is 19.2 Å². The van der Waals surface area contributed by atoms with E-state index in [4.69, 9.17) is 19.2 Å². The van der Waals surface area contributed by atoms with Crippen molar-refractivity contribution in [1.82, 2.24) is 0 Å². The second-order valence-electron chi connectivity index (χ2n) is 8.13. The Hall–Kier alpha value is -0.810. The van der Waals surface area contributed by atoms with Crippen LogP contribution in [0.5, 0.6) is 0 Å². The fourth-order valence-electron chi connectivity index (χ4n) is 1.98. The molecule has 1 atom stereocenters. The minimum atomic E-state index is -0.551. The van der Waals surface area contributed by atoms with Gasteiger partial charge in [0.25, 0.3) is 0 Å². The summed E-state index contributed by atoms with van der Waals surface area (Å²) in [6.07, 6.45) is 5.22. The number of unbranched alkanes of at least 4 members (excludes halogenated alkanes) is 1. The van der Waals surface area contributed by atoms with E-state index < -0.39 is 6.16 Å².